The molecule has 5 heteroatoms. The van der Waals surface area contributed by atoms with E-state index in [-0.39, 0.29) is 5.56 Å². The maximum Gasteiger partial charge on any atom is 0.273 e. The molecule has 1 aromatic heterocycles. The van der Waals surface area contributed by atoms with E-state index >= 15 is 0 Å². The van der Waals surface area contributed by atoms with Crippen molar-refractivity contribution >= 4 is 17.4 Å². The minimum Gasteiger partial charge on any atom is -0.384 e. The van der Waals surface area contributed by atoms with Crippen LogP contribution in [-0.2, 0) is 0 Å². The summed E-state index contributed by atoms with van der Waals surface area (Å²) >= 11 is 5.96. The maximum atomic E-state index is 11.5. The maximum absolute atomic E-state index is 11.5. The Hall–Kier alpha value is -1.68. The smallest absolute Gasteiger partial charge is 0.273 e. The van der Waals surface area contributed by atoms with Crippen LogP contribution >= 0.6 is 11.6 Å². The van der Waals surface area contributed by atoms with Gasteiger partial charge in [-0.05, 0) is 24.6 Å². The molecule has 15 heavy (non-hydrogen) atoms. The van der Waals surface area contributed by atoms with Crippen LogP contribution in [0.1, 0.15) is 5.56 Å². The Kier molecular flexibility index (Phi) is 2.28. The fourth-order valence-electron chi connectivity index (χ4n) is 1.43. The summed E-state index contributed by atoms with van der Waals surface area (Å²) in [6.07, 6.45) is 0. The summed E-state index contributed by atoms with van der Waals surface area (Å²) in [5.74, 6) is 0.333. The second kappa shape index (κ2) is 3.47. The molecule has 2 aromatic rings. The molecule has 0 unspecified atom stereocenters. The summed E-state index contributed by atoms with van der Waals surface area (Å²) in [5, 5.41) is 3.37. The topological polar surface area (TPSA) is 63.8 Å². The van der Waals surface area contributed by atoms with Crippen LogP contribution in [-0.4, -0.2) is 9.78 Å². The van der Waals surface area contributed by atoms with Gasteiger partial charge in [-0.15, -0.1) is 0 Å². The molecule has 0 saturated heterocycles. The molecule has 0 amide bonds. The number of aromatic nitrogens is 2. The first kappa shape index (κ1) is 9.86. The normalized spacial score (nSPS) is 10.5. The van der Waals surface area contributed by atoms with Crippen molar-refractivity contribution in [2.45, 2.75) is 6.92 Å². The van der Waals surface area contributed by atoms with Gasteiger partial charge < -0.3 is 5.73 Å². The van der Waals surface area contributed by atoms with Gasteiger partial charge in [-0.25, -0.2) is 4.68 Å². The van der Waals surface area contributed by atoms with Gasteiger partial charge in [-0.1, -0.05) is 17.7 Å². The number of hydrogen-bond donors (Lipinski definition) is 2. The molecular weight excluding hydrogens is 214 g/mol. The first-order valence-corrected chi connectivity index (χ1v) is 4.80. The summed E-state index contributed by atoms with van der Waals surface area (Å²) in [6, 6.07) is 6.70. The van der Waals surface area contributed by atoms with Crippen LogP contribution in [0.25, 0.3) is 5.69 Å². The Bertz CT molecular complexity index is 556. The van der Waals surface area contributed by atoms with Crippen LogP contribution in [0.4, 0.5) is 5.82 Å². The largest absolute Gasteiger partial charge is 0.384 e. The lowest BCUT2D eigenvalue weighted by atomic mass is 10.2. The molecule has 0 bridgehead atoms. The molecule has 3 N–H and O–H groups in total. The molecule has 0 aliphatic carbocycles. The molecule has 78 valence electrons. The highest BCUT2D eigenvalue weighted by Gasteiger charge is 2.07. The Balaban J connectivity index is 2.69. The number of H-pyrrole nitrogens is 1. The van der Waals surface area contributed by atoms with Crippen molar-refractivity contribution in [2.24, 2.45) is 0 Å². The van der Waals surface area contributed by atoms with Gasteiger partial charge >= 0.3 is 0 Å². The monoisotopic (exact) mass is 223 g/mol. The van der Waals surface area contributed by atoms with Crippen LogP contribution in [0.2, 0.25) is 5.02 Å². The molecule has 0 spiro atoms. The molecule has 0 fully saturated rings. The number of nitrogens with one attached hydrogen (secondary N) is 1. The molecule has 2 rings (SSSR count). The number of nitrogen functional groups attached to an aromatic ring is 1. The summed E-state index contributed by atoms with van der Waals surface area (Å²) < 4.78 is 1.37. The van der Waals surface area contributed by atoms with Crippen molar-refractivity contribution in [3.8, 4) is 5.69 Å². The quantitative estimate of drug-likeness (QED) is 0.773. The van der Waals surface area contributed by atoms with Gasteiger partial charge in [0.05, 0.1) is 5.69 Å². The zero-order valence-corrected chi connectivity index (χ0v) is 8.88. The molecule has 0 saturated carbocycles. The molecular formula is C10H10ClN3O. The van der Waals surface area contributed by atoms with Crippen molar-refractivity contribution in [1.29, 1.82) is 0 Å². The van der Waals surface area contributed by atoms with E-state index in [1.54, 1.807) is 18.2 Å². The van der Waals surface area contributed by atoms with Gasteiger partial charge in [0.25, 0.3) is 5.56 Å². The highest BCUT2D eigenvalue weighted by atomic mass is 35.5. The summed E-state index contributed by atoms with van der Waals surface area (Å²) in [6.45, 7) is 1.85. The molecule has 0 aliphatic rings. The van der Waals surface area contributed by atoms with Crippen LogP contribution in [0.3, 0.4) is 0 Å². The van der Waals surface area contributed by atoms with Crippen molar-refractivity contribution in [2.75, 3.05) is 5.73 Å². The van der Waals surface area contributed by atoms with Crippen LogP contribution in [0.15, 0.2) is 29.1 Å². The third-order valence-corrected chi connectivity index (χ3v) is 2.63. The Morgan fingerprint density at radius 2 is 2.20 bits per heavy atom. The second-order valence-electron chi connectivity index (χ2n) is 3.27. The first-order valence-electron chi connectivity index (χ1n) is 4.42. The fourth-order valence-corrected chi connectivity index (χ4v) is 1.60. The minimum absolute atomic E-state index is 0.196. The number of halogens is 1. The Morgan fingerprint density at radius 3 is 2.80 bits per heavy atom. The fraction of sp³-hybridized carbons (Fsp3) is 0.100. The highest BCUT2D eigenvalue weighted by Crippen LogP contribution is 2.20. The van der Waals surface area contributed by atoms with Gasteiger partial charge in [-0.2, -0.15) is 0 Å². The molecule has 0 aliphatic heterocycles. The number of hydrogen-bond acceptors (Lipinski definition) is 2. The van der Waals surface area contributed by atoms with Gasteiger partial charge in [0.1, 0.15) is 5.82 Å². The van der Waals surface area contributed by atoms with Crippen molar-refractivity contribution < 1.29 is 0 Å². The summed E-state index contributed by atoms with van der Waals surface area (Å²) in [4.78, 5) is 11.5. The van der Waals surface area contributed by atoms with Crippen molar-refractivity contribution in [3.05, 3.63) is 45.2 Å². The van der Waals surface area contributed by atoms with Gasteiger partial charge in [-0.3, -0.25) is 9.89 Å². The second-order valence-corrected chi connectivity index (χ2v) is 3.68. The molecule has 1 heterocycles. The third kappa shape index (κ3) is 1.64. The van der Waals surface area contributed by atoms with E-state index in [1.807, 2.05) is 6.92 Å². The van der Waals surface area contributed by atoms with E-state index in [0.717, 1.165) is 5.56 Å². The average Bonchev–Trinajstić information content (AvgIpc) is 2.50. The molecule has 1 aromatic carbocycles. The number of anilines is 1. The number of nitrogens with two attached hydrogens (primary N) is 1. The Morgan fingerprint density at radius 1 is 1.47 bits per heavy atom. The van der Waals surface area contributed by atoms with E-state index in [4.69, 9.17) is 17.3 Å². The first-order chi connectivity index (χ1) is 7.09. The Labute approximate surface area is 91.3 Å². The van der Waals surface area contributed by atoms with E-state index in [9.17, 15) is 4.79 Å². The zero-order chi connectivity index (χ0) is 11.0. The van der Waals surface area contributed by atoms with E-state index < -0.39 is 0 Å². The third-order valence-electron chi connectivity index (χ3n) is 2.22. The highest BCUT2D eigenvalue weighted by molar-refractivity contribution is 6.31. The van der Waals surface area contributed by atoms with E-state index in [2.05, 4.69) is 5.10 Å². The van der Waals surface area contributed by atoms with Crippen LogP contribution < -0.4 is 11.3 Å². The lowest BCUT2D eigenvalue weighted by molar-refractivity contribution is 0.847. The van der Waals surface area contributed by atoms with Crippen molar-refractivity contribution in [1.82, 2.24) is 9.78 Å². The standard InChI is InChI=1S/C10H10ClN3O/c1-6-7(11)3-2-4-8(6)14-10(15)5-9(12)13-14/h2-5,13H,12H2,1H3. The summed E-state index contributed by atoms with van der Waals surface area (Å²) in [7, 11) is 0. The average molecular weight is 224 g/mol. The van der Waals surface area contributed by atoms with Crippen LogP contribution in [0.5, 0.6) is 0 Å². The van der Waals surface area contributed by atoms with Crippen LogP contribution in [0, 0.1) is 6.92 Å². The van der Waals surface area contributed by atoms with Crippen molar-refractivity contribution in [3.63, 3.8) is 0 Å². The van der Waals surface area contributed by atoms with E-state index in [0.29, 0.717) is 16.5 Å². The number of rotatable bonds is 1. The predicted molar refractivity (Wildman–Crippen MR) is 60.5 cm³/mol. The van der Waals surface area contributed by atoms with Gasteiger partial charge in [0, 0.05) is 11.1 Å². The number of nitrogens with zero attached hydrogens (tertiary/aromatic N) is 1. The van der Waals surface area contributed by atoms with Gasteiger partial charge in [0.2, 0.25) is 0 Å². The molecule has 0 radical (unpaired) electrons. The predicted octanol–water partition coefficient (Wildman–Crippen LogP) is 1.71. The molecule has 0 atom stereocenters. The SMILES string of the molecule is Cc1c(Cl)cccc1-n1[nH]c(N)cc1=O. The minimum atomic E-state index is -0.196. The summed E-state index contributed by atoms with van der Waals surface area (Å²) in [5.41, 5.74) is 6.85. The zero-order valence-electron chi connectivity index (χ0n) is 8.12. The van der Waals surface area contributed by atoms with E-state index in [1.165, 1.54) is 10.7 Å². The van der Waals surface area contributed by atoms with Gasteiger partial charge in [0.15, 0.2) is 0 Å². The lowest BCUT2D eigenvalue weighted by Gasteiger charge is -2.06. The number of aromatic amines is 1. The number of benzene rings is 1. The molecule has 4 nitrogen and oxygen atoms in total. The lowest BCUT2D eigenvalue weighted by Crippen LogP contribution is -2.14.